The highest BCUT2D eigenvalue weighted by Crippen LogP contribution is 2.25. The van der Waals surface area contributed by atoms with Crippen LogP contribution in [0, 0.1) is 0 Å². The lowest BCUT2D eigenvalue weighted by molar-refractivity contribution is -0.114. The highest BCUT2D eigenvalue weighted by molar-refractivity contribution is 5.95. The summed E-state index contributed by atoms with van der Waals surface area (Å²) in [4.78, 5) is 26.1. The van der Waals surface area contributed by atoms with E-state index in [0.29, 0.717) is 23.5 Å². The van der Waals surface area contributed by atoms with Crippen molar-refractivity contribution in [2.24, 2.45) is 0 Å². The summed E-state index contributed by atoms with van der Waals surface area (Å²) in [6, 6.07) is 18.0. The summed E-state index contributed by atoms with van der Waals surface area (Å²) in [7, 11) is 0. The van der Waals surface area contributed by atoms with Crippen molar-refractivity contribution in [1.82, 2.24) is 21.1 Å². The molecule has 7 heteroatoms. The average molecular weight is 408 g/mol. The van der Waals surface area contributed by atoms with E-state index in [1.807, 2.05) is 6.07 Å². The first-order valence-corrected chi connectivity index (χ1v) is 10.6. The van der Waals surface area contributed by atoms with Crippen molar-refractivity contribution in [3.8, 4) is 0 Å². The summed E-state index contributed by atoms with van der Waals surface area (Å²) in [5.74, 6) is -0.186. The van der Waals surface area contributed by atoms with Crippen molar-refractivity contribution >= 4 is 17.5 Å². The third-order valence-electron chi connectivity index (χ3n) is 5.86. The van der Waals surface area contributed by atoms with E-state index in [1.54, 1.807) is 24.3 Å². The van der Waals surface area contributed by atoms with Gasteiger partial charge >= 0.3 is 0 Å². The molecule has 2 aliphatic rings. The zero-order chi connectivity index (χ0) is 20.9. The first kappa shape index (κ1) is 20.5. The van der Waals surface area contributed by atoms with Crippen molar-refractivity contribution in [3.63, 3.8) is 0 Å². The Balaban J connectivity index is 1.24. The van der Waals surface area contributed by atoms with Crippen molar-refractivity contribution in [3.05, 3.63) is 65.7 Å². The van der Waals surface area contributed by atoms with Crippen molar-refractivity contribution in [2.75, 3.05) is 18.4 Å². The summed E-state index contributed by atoms with van der Waals surface area (Å²) in [5.41, 5.74) is 9.46. The standard InChI is InChI=1S/C23H29N5O2/c1-16(29)24-19-9-7-18(8-10-19)23(30)25-20-11-13-28(14-12-20)22-15-21(26-27-22)17-5-3-2-4-6-17/h2-10,20-22,26-27H,11-15H2,1H3,(H,24,29)(H,25,30). The fraction of sp³-hybridized carbons (Fsp3) is 0.391. The minimum absolute atomic E-state index is 0.0624. The Labute approximate surface area is 177 Å². The van der Waals surface area contributed by atoms with Gasteiger partial charge in [-0.2, -0.15) is 0 Å². The molecule has 2 fully saturated rings. The molecule has 30 heavy (non-hydrogen) atoms. The predicted molar refractivity (Wildman–Crippen MR) is 117 cm³/mol. The van der Waals surface area contributed by atoms with Crippen LogP contribution in [0.5, 0.6) is 0 Å². The lowest BCUT2D eigenvalue weighted by Gasteiger charge is -2.35. The van der Waals surface area contributed by atoms with E-state index in [1.165, 1.54) is 12.5 Å². The molecule has 2 aromatic rings. The van der Waals surface area contributed by atoms with Gasteiger partial charge in [-0.1, -0.05) is 30.3 Å². The van der Waals surface area contributed by atoms with Gasteiger partial charge in [0.1, 0.15) is 0 Å². The Kier molecular flexibility index (Phi) is 6.42. The molecule has 0 aromatic heterocycles. The van der Waals surface area contributed by atoms with Gasteiger partial charge < -0.3 is 10.6 Å². The molecule has 7 nitrogen and oxygen atoms in total. The van der Waals surface area contributed by atoms with Crippen LogP contribution in [-0.2, 0) is 4.79 Å². The average Bonchev–Trinajstić information content (AvgIpc) is 3.25. The second kappa shape index (κ2) is 9.38. The summed E-state index contributed by atoms with van der Waals surface area (Å²) < 4.78 is 0. The summed E-state index contributed by atoms with van der Waals surface area (Å²) in [6.07, 6.45) is 3.21. The largest absolute Gasteiger partial charge is 0.349 e. The molecule has 2 amide bonds. The van der Waals surface area contributed by atoms with E-state index < -0.39 is 0 Å². The molecular formula is C23H29N5O2. The number of anilines is 1. The molecule has 2 aliphatic heterocycles. The quantitative estimate of drug-likeness (QED) is 0.612. The molecule has 0 spiro atoms. The zero-order valence-electron chi connectivity index (χ0n) is 17.2. The van der Waals surface area contributed by atoms with Gasteiger partial charge in [0.15, 0.2) is 0 Å². The number of likely N-dealkylation sites (tertiary alicyclic amines) is 1. The number of carbonyl (C=O) groups excluding carboxylic acids is 2. The van der Waals surface area contributed by atoms with Gasteiger partial charge in [0, 0.05) is 43.3 Å². The molecule has 2 saturated heterocycles. The number of amides is 2. The number of nitrogens with one attached hydrogen (secondary N) is 4. The molecule has 2 heterocycles. The van der Waals surface area contributed by atoms with Crippen molar-refractivity contribution in [2.45, 2.75) is 44.4 Å². The maximum Gasteiger partial charge on any atom is 0.251 e. The summed E-state index contributed by atoms with van der Waals surface area (Å²) in [5, 5.41) is 5.86. The molecule has 158 valence electrons. The van der Waals surface area contributed by atoms with Crippen LogP contribution in [0.25, 0.3) is 0 Å². The molecule has 0 radical (unpaired) electrons. The SMILES string of the molecule is CC(=O)Nc1ccc(C(=O)NC2CCN(C3CC(c4ccccc4)NN3)CC2)cc1. The Morgan fingerprint density at radius 2 is 1.67 bits per heavy atom. The molecule has 2 atom stereocenters. The fourth-order valence-electron chi connectivity index (χ4n) is 4.22. The molecule has 2 aromatic carbocycles. The number of rotatable bonds is 5. The van der Waals surface area contributed by atoms with Crippen LogP contribution in [0.3, 0.4) is 0 Å². The van der Waals surface area contributed by atoms with E-state index >= 15 is 0 Å². The number of hydrazine groups is 1. The Hall–Kier alpha value is -2.74. The third-order valence-corrected chi connectivity index (χ3v) is 5.86. The Bertz CT molecular complexity index is 863. The van der Waals surface area contributed by atoms with E-state index in [9.17, 15) is 9.59 Å². The monoisotopic (exact) mass is 407 g/mol. The molecule has 4 N–H and O–H groups in total. The zero-order valence-corrected chi connectivity index (χ0v) is 17.2. The first-order valence-electron chi connectivity index (χ1n) is 10.6. The number of hydrogen-bond donors (Lipinski definition) is 4. The van der Waals surface area contributed by atoms with Gasteiger partial charge in [-0.3, -0.25) is 14.5 Å². The lowest BCUT2D eigenvalue weighted by atomic mass is 10.0. The smallest absolute Gasteiger partial charge is 0.251 e. The summed E-state index contributed by atoms with van der Waals surface area (Å²) >= 11 is 0. The van der Waals surface area contributed by atoms with Gasteiger partial charge in [-0.05, 0) is 49.1 Å². The molecule has 4 rings (SSSR count). The Morgan fingerprint density at radius 1 is 0.967 bits per heavy atom. The highest BCUT2D eigenvalue weighted by Gasteiger charge is 2.32. The number of hydrogen-bond acceptors (Lipinski definition) is 5. The normalized spacial score (nSPS) is 22.6. The molecule has 0 bridgehead atoms. The van der Waals surface area contributed by atoms with E-state index in [0.717, 1.165) is 32.4 Å². The lowest BCUT2D eigenvalue weighted by Crippen LogP contribution is -2.51. The van der Waals surface area contributed by atoms with Crippen LogP contribution in [0.4, 0.5) is 5.69 Å². The molecule has 2 unspecified atom stereocenters. The van der Waals surface area contributed by atoms with Crippen molar-refractivity contribution < 1.29 is 9.59 Å². The van der Waals surface area contributed by atoms with Crippen LogP contribution >= 0.6 is 0 Å². The molecule has 0 aliphatic carbocycles. The number of nitrogens with zero attached hydrogens (tertiary/aromatic N) is 1. The minimum atomic E-state index is -0.124. The van der Waals surface area contributed by atoms with Gasteiger partial charge in [0.05, 0.1) is 6.17 Å². The van der Waals surface area contributed by atoms with Crippen LogP contribution in [0.15, 0.2) is 54.6 Å². The second-order valence-electron chi connectivity index (χ2n) is 8.05. The summed E-state index contributed by atoms with van der Waals surface area (Å²) in [6.45, 7) is 3.37. The van der Waals surface area contributed by atoms with Gasteiger partial charge in [0.25, 0.3) is 5.91 Å². The number of carbonyl (C=O) groups is 2. The van der Waals surface area contributed by atoms with Crippen LogP contribution in [-0.4, -0.2) is 42.0 Å². The predicted octanol–water partition coefficient (Wildman–Crippen LogP) is 2.40. The first-order chi connectivity index (χ1) is 14.6. The van der Waals surface area contributed by atoms with Crippen LogP contribution in [0.2, 0.25) is 0 Å². The maximum absolute atomic E-state index is 12.5. The van der Waals surface area contributed by atoms with Crippen LogP contribution in [0.1, 0.15) is 48.1 Å². The molecule has 0 saturated carbocycles. The molecular weight excluding hydrogens is 378 g/mol. The van der Waals surface area contributed by atoms with Gasteiger partial charge in [0.2, 0.25) is 5.91 Å². The topological polar surface area (TPSA) is 85.5 Å². The fourth-order valence-corrected chi connectivity index (χ4v) is 4.22. The van der Waals surface area contributed by atoms with Crippen LogP contribution < -0.4 is 21.5 Å². The third kappa shape index (κ3) is 5.05. The van der Waals surface area contributed by atoms with Gasteiger partial charge in [-0.25, -0.2) is 10.9 Å². The van der Waals surface area contributed by atoms with E-state index in [4.69, 9.17) is 0 Å². The number of piperidine rings is 1. The van der Waals surface area contributed by atoms with Crippen molar-refractivity contribution in [1.29, 1.82) is 0 Å². The highest BCUT2D eigenvalue weighted by atomic mass is 16.2. The maximum atomic E-state index is 12.5. The Morgan fingerprint density at radius 3 is 2.33 bits per heavy atom. The van der Waals surface area contributed by atoms with Gasteiger partial charge in [-0.15, -0.1) is 0 Å². The van der Waals surface area contributed by atoms with E-state index in [-0.39, 0.29) is 17.9 Å². The minimum Gasteiger partial charge on any atom is -0.349 e. The second-order valence-corrected chi connectivity index (χ2v) is 8.05. The van der Waals surface area contributed by atoms with E-state index in [2.05, 4.69) is 50.7 Å². The number of benzene rings is 2.